The van der Waals surface area contributed by atoms with Crippen LogP contribution in [0.2, 0.25) is 0 Å². The van der Waals surface area contributed by atoms with Crippen molar-refractivity contribution in [1.82, 2.24) is 5.32 Å². The van der Waals surface area contributed by atoms with Crippen LogP contribution in [0.4, 0.5) is 10.7 Å². The van der Waals surface area contributed by atoms with Crippen molar-refractivity contribution in [2.24, 2.45) is 0 Å². The van der Waals surface area contributed by atoms with Gasteiger partial charge in [0, 0.05) is 36.7 Å². The van der Waals surface area contributed by atoms with Gasteiger partial charge in [0.25, 0.3) is 5.91 Å². The Labute approximate surface area is 134 Å². The average Bonchev–Trinajstić information content (AvgIpc) is 3.29. The van der Waals surface area contributed by atoms with Gasteiger partial charge < -0.3 is 16.0 Å². The molecule has 3 N–H and O–H groups in total. The van der Waals surface area contributed by atoms with Gasteiger partial charge in [-0.25, -0.2) is 0 Å². The molecule has 0 bridgehead atoms. The number of thioether (sulfide) groups is 1. The van der Waals surface area contributed by atoms with Crippen LogP contribution < -0.4 is 16.0 Å². The Hall–Kier alpha value is -0.880. The molecule has 0 spiro atoms. The normalized spacial score (nSPS) is 18.8. The van der Waals surface area contributed by atoms with E-state index in [0.29, 0.717) is 12.5 Å². The highest BCUT2D eigenvalue weighted by molar-refractivity contribution is 7.99. The lowest BCUT2D eigenvalue weighted by molar-refractivity contribution is 0.0958. The molecule has 1 amide bonds. The molecule has 2 aliphatic rings. The van der Waals surface area contributed by atoms with Gasteiger partial charge in [-0.1, -0.05) is 6.92 Å². The van der Waals surface area contributed by atoms with Gasteiger partial charge in [-0.05, 0) is 25.2 Å². The summed E-state index contributed by atoms with van der Waals surface area (Å²) in [7, 11) is 0. The summed E-state index contributed by atoms with van der Waals surface area (Å²) >= 11 is 3.60. The van der Waals surface area contributed by atoms with Gasteiger partial charge >= 0.3 is 0 Å². The molecular weight excluding hydrogens is 302 g/mol. The minimum Gasteiger partial charge on any atom is -0.397 e. The van der Waals surface area contributed by atoms with Gasteiger partial charge in [-0.3, -0.25) is 4.79 Å². The van der Waals surface area contributed by atoms with Crippen molar-refractivity contribution < 1.29 is 4.79 Å². The van der Waals surface area contributed by atoms with Crippen molar-refractivity contribution in [3.05, 3.63) is 10.4 Å². The molecule has 1 aromatic rings. The maximum Gasteiger partial charge on any atom is 0.263 e. The van der Waals surface area contributed by atoms with Gasteiger partial charge in [-0.15, -0.1) is 11.3 Å². The lowest BCUT2D eigenvalue weighted by Crippen LogP contribution is -2.32. The van der Waals surface area contributed by atoms with E-state index in [-0.39, 0.29) is 5.91 Å². The van der Waals surface area contributed by atoms with E-state index < -0.39 is 0 Å². The maximum atomic E-state index is 12.3. The van der Waals surface area contributed by atoms with E-state index in [9.17, 15) is 4.79 Å². The number of anilines is 2. The van der Waals surface area contributed by atoms with Crippen molar-refractivity contribution in [1.29, 1.82) is 0 Å². The molecule has 1 saturated heterocycles. The van der Waals surface area contributed by atoms with Gasteiger partial charge in [0.2, 0.25) is 0 Å². The number of hydrogen-bond acceptors (Lipinski definition) is 5. The molecule has 0 atom stereocenters. The third-order valence-electron chi connectivity index (χ3n) is 3.99. The summed E-state index contributed by atoms with van der Waals surface area (Å²) in [5.74, 6) is 2.91. The first-order valence-electron chi connectivity index (χ1n) is 7.75. The van der Waals surface area contributed by atoms with E-state index in [1.165, 1.54) is 34.9 Å². The van der Waals surface area contributed by atoms with Gasteiger partial charge in [0.15, 0.2) is 0 Å². The van der Waals surface area contributed by atoms with Crippen LogP contribution in [0.25, 0.3) is 0 Å². The van der Waals surface area contributed by atoms with Crippen LogP contribution in [0.15, 0.2) is 0 Å². The highest BCUT2D eigenvalue weighted by Crippen LogP contribution is 2.52. The Kier molecular flexibility index (Phi) is 4.64. The monoisotopic (exact) mass is 325 g/mol. The highest BCUT2D eigenvalue weighted by atomic mass is 32.2. The number of nitrogens with zero attached hydrogens (tertiary/aromatic N) is 1. The fourth-order valence-corrected chi connectivity index (χ4v) is 4.88. The number of amides is 1. The van der Waals surface area contributed by atoms with Crippen LogP contribution >= 0.6 is 23.1 Å². The zero-order valence-electron chi connectivity index (χ0n) is 12.5. The third-order valence-corrected chi connectivity index (χ3v) is 6.21. The van der Waals surface area contributed by atoms with E-state index in [1.807, 2.05) is 11.8 Å². The molecule has 21 heavy (non-hydrogen) atoms. The molecule has 1 aromatic heterocycles. The largest absolute Gasteiger partial charge is 0.397 e. The molecule has 116 valence electrons. The number of nitrogens with two attached hydrogens (primary N) is 1. The number of hydrogen-bond donors (Lipinski definition) is 2. The van der Waals surface area contributed by atoms with Crippen LogP contribution in [0, 0.1) is 0 Å². The predicted octanol–water partition coefficient (Wildman–Crippen LogP) is 2.90. The van der Waals surface area contributed by atoms with Gasteiger partial charge in [-0.2, -0.15) is 11.8 Å². The minimum absolute atomic E-state index is 0.00103. The molecule has 3 rings (SSSR count). The number of rotatable bonds is 5. The molecule has 1 aliphatic carbocycles. The van der Waals surface area contributed by atoms with E-state index in [4.69, 9.17) is 5.73 Å². The molecule has 2 fully saturated rings. The summed E-state index contributed by atoms with van der Waals surface area (Å²) < 4.78 is 0. The van der Waals surface area contributed by atoms with Crippen LogP contribution in [0.1, 0.15) is 47.3 Å². The summed E-state index contributed by atoms with van der Waals surface area (Å²) in [6.45, 7) is 4.91. The number of nitrogen functional groups attached to an aromatic ring is 1. The summed E-state index contributed by atoms with van der Waals surface area (Å²) in [4.78, 5) is 15.5. The van der Waals surface area contributed by atoms with Crippen LogP contribution in [-0.4, -0.2) is 37.0 Å². The molecule has 0 radical (unpaired) electrons. The maximum absolute atomic E-state index is 12.3. The predicted molar refractivity (Wildman–Crippen MR) is 92.9 cm³/mol. The van der Waals surface area contributed by atoms with Crippen LogP contribution in [0.5, 0.6) is 0 Å². The van der Waals surface area contributed by atoms with E-state index in [2.05, 4.69) is 17.1 Å². The first kappa shape index (κ1) is 15.0. The Morgan fingerprint density at radius 3 is 2.71 bits per heavy atom. The second-order valence-corrected chi connectivity index (χ2v) is 7.92. The smallest absolute Gasteiger partial charge is 0.263 e. The zero-order chi connectivity index (χ0) is 14.8. The topological polar surface area (TPSA) is 58.4 Å². The Morgan fingerprint density at radius 2 is 2.10 bits per heavy atom. The van der Waals surface area contributed by atoms with Crippen molar-refractivity contribution in [3.8, 4) is 0 Å². The van der Waals surface area contributed by atoms with Crippen molar-refractivity contribution in [2.45, 2.75) is 32.1 Å². The van der Waals surface area contributed by atoms with Crippen molar-refractivity contribution >= 4 is 39.7 Å². The Balaban J connectivity index is 1.89. The fourth-order valence-electron chi connectivity index (χ4n) is 2.70. The molecule has 4 nitrogen and oxygen atoms in total. The summed E-state index contributed by atoms with van der Waals surface area (Å²) in [6, 6.07) is 0. The lowest BCUT2D eigenvalue weighted by atomic mass is 10.1. The average molecular weight is 326 g/mol. The third kappa shape index (κ3) is 3.16. The summed E-state index contributed by atoms with van der Waals surface area (Å²) in [5.41, 5.74) is 8.34. The first-order valence-corrected chi connectivity index (χ1v) is 9.72. The second-order valence-electron chi connectivity index (χ2n) is 5.69. The van der Waals surface area contributed by atoms with E-state index in [1.54, 1.807) is 11.3 Å². The first-order chi connectivity index (χ1) is 10.2. The lowest BCUT2D eigenvalue weighted by Gasteiger charge is -2.28. The zero-order valence-corrected chi connectivity index (χ0v) is 14.1. The number of nitrogens with one attached hydrogen (secondary N) is 1. The van der Waals surface area contributed by atoms with Crippen molar-refractivity contribution in [3.63, 3.8) is 0 Å². The molecule has 2 heterocycles. The van der Waals surface area contributed by atoms with Crippen molar-refractivity contribution in [2.75, 3.05) is 41.8 Å². The van der Waals surface area contributed by atoms with E-state index in [0.717, 1.165) is 30.1 Å². The number of thiophene rings is 1. The van der Waals surface area contributed by atoms with Crippen LogP contribution in [0.3, 0.4) is 0 Å². The SMILES string of the molecule is CCCNC(=O)c1sc(N2CCSCC2)c(C2CC2)c1N. The van der Waals surface area contributed by atoms with E-state index >= 15 is 0 Å². The summed E-state index contributed by atoms with van der Waals surface area (Å²) in [6.07, 6.45) is 3.38. The summed E-state index contributed by atoms with van der Waals surface area (Å²) in [5, 5.41) is 4.22. The Morgan fingerprint density at radius 1 is 1.38 bits per heavy atom. The molecule has 6 heteroatoms. The quantitative estimate of drug-likeness (QED) is 0.874. The fraction of sp³-hybridized carbons (Fsp3) is 0.667. The molecular formula is C15H23N3OS2. The molecule has 0 unspecified atom stereocenters. The number of carbonyl (C=O) groups excluding carboxylic acids is 1. The molecule has 1 saturated carbocycles. The standard InChI is InChI=1S/C15H23N3OS2/c1-2-5-17-14(19)13-12(16)11(10-3-4-10)15(21-13)18-6-8-20-9-7-18/h10H,2-9,16H2,1H3,(H,17,19). The van der Waals surface area contributed by atoms with Gasteiger partial charge in [0.1, 0.15) is 4.88 Å². The van der Waals surface area contributed by atoms with Crippen LogP contribution in [-0.2, 0) is 0 Å². The molecule has 0 aromatic carbocycles. The minimum atomic E-state index is -0.00103. The highest BCUT2D eigenvalue weighted by Gasteiger charge is 2.34. The second kappa shape index (κ2) is 6.48. The number of carbonyl (C=O) groups is 1. The molecule has 1 aliphatic heterocycles. The van der Waals surface area contributed by atoms with Gasteiger partial charge in [0.05, 0.1) is 10.7 Å². The Bertz CT molecular complexity index is 519.